The Labute approximate surface area is 113 Å². The molecule has 1 aliphatic heterocycles. The molecule has 0 radical (unpaired) electrons. The number of carbonyl (C=O) groups is 1. The van der Waals surface area contributed by atoms with Crippen molar-refractivity contribution < 1.29 is 18.7 Å². The van der Waals surface area contributed by atoms with Crippen molar-refractivity contribution in [1.82, 2.24) is 14.9 Å². The molecule has 0 bridgehead atoms. The van der Waals surface area contributed by atoms with E-state index in [4.69, 9.17) is 5.11 Å². The maximum Gasteiger partial charge on any atom is 0.339 e. The van der Waals surface area contributed by atoms with Gasteiger partial charge in [0, 0.05) is 24.2 Å². The topological polar surface area (TPSA) is 66.3 Å². The third-order valence-electron chi connectivity index (χ3n) is 2.97. The van der Waals surface area contributed by atoms with E-state index >= 15 is 0 Å². The molecule has 0 aliphatic carbocycles. The average Bonchev–Trinajstić information content (AvgIpc) is 2.38. The van der Waals surface area contributed by atoms with Gasteiger partial charge >= 0.3 is 5.97 Å². The van der Waals surface area contributed by atoms with Crippen molar-refractivity contribution in [1.29, 1.82) is 0 Å². The van der Waals surface area contributed by atoms with E-state index < -0.39 is 23.7 Å². The number of thioether (sulfide) groups is 1. The molecule has 1 unspecified atom stereocenters. The molecule has 8 heteroatoms. The fourth-order valence-corrected chi connectivity index (χ4v) is 3.07. The highest BCUT2D eigenvalue weighted by Gasteiger charge is 2.27. The molecule has 1 aromatic heterocycles. The van der Waals surface area contributed by atoms with Crippen LogP contribution in [0.2, 0.25) is 0 Å². The summed E-state index contributed by atoms with van der Waals surface area (Å²) in [5, 5.41) is 8.84. The summed E-state index contributed by atoms with van der Waals surface area (Å²) in [6.07, 6.45) is -1.95. The monoisotopic (exact) mass is 289 g/mol. The van der Waals surface area contributed by atoms with Crippen LogP contribution >= 0.6 is 11.8 Å². The van der Waals surface area contributed by atoms with Crippen molar-refractivity contribution in [3.63, 3.8) is 0 Å². The first kappa shape index (κ1) is 14.1. The van der Waals surface area contributed by atoms with Gasteiger partial charge in [-0.2, -0.15) is 11.8 Å². The summed E-state index contributed by atoms with van der Waals surface area (Å²) >= 11 is 1.70. The number of halogens is 2. The maximum absolute atomic E-state index is 12.9. The minimum Gasteiger partial charge on any atom is -0.478 e. The molecule has 1 fully saturated rings. The fraction of sp³-hybridized carbons (Fsp3) is 0.545. The Hall–Kier alpha value is -1.28. The number of rotatable bonds is 3. The van der Waals surface area contributed by atoms with Gasteiger partial charge < -0.3 is 5.11 Å². The highest BCUT2D eigenvalue weighted by atomic mass is 32.2. The quantitative estimate of drug-likeness (QED) is 0.915. The molecule has 2 heterocycles. The number of hydrogen-bond donors (Lipinski definition) is 1. The van der Waals surface area contributed by atoms with E-state index in [-0.39, 0.29) is 11.9 Å². The predicted molar refractivity (Wildman–Crippen MR) is 66.6 cm³/mol. The molecule has 5 nitrogen and oxygen atoms in total. The van der Waals surface area contributed by atoms with Gasteiger partial charge in [-0.05, 0) is 7.05 Å². The second-order valence-corrected chi connectivity index (χ2v) is 5.35. The molecule has 0 amide bonds. The van der Waals surface area contributed by atoms with E-state index in [9.17, 15) is 13.6 Å². The van der Waals surface area contributed by atoms with E-state index in [1.54, 1.807) is 11.8 Å². The lowest BCUT2D eigenvalue weighted by Gasteiger charge is -2.30. The van der Waals surface area contributed by atoms with E-state index in [1.165, 1.54) is 0 Å². The Balaban J connectivity index is 2.37. The second-order valence-electron chi connectivity index (χ2n) is 4.20. The van der Waals surface area contributed by atoms with Crippen LogP contribution in [0.5, 0.6) is 0 Å². The molecule has 1 aromatic rings. The summed E-state index contributed by atoms with van der Waals surface area (Å²) in [5.74, 6) is 0.510. The van der Waals surface area contributed by atoms with Crippen LogP contribution in [0.15, 0.2) is 6.20 Å². The summed E-state index contributed by atoms with van der Waals surface area (Å²) in [5.41, 5.74) is -1.24. The van der Waals surface area contributed by atoms with E-state index in [0.717, 1.165) is 18.5 Å². The Bertz CT molecular complexity index is 487. The van der Waals surface area contributed by atoms with Crippen molar-refractivity contribution in [2.75, 3.05) is 25.1 Å². The van der Waals surface area contributed by atoms with E-state index in [1.807, 2.05) is 11.9 Å². The van der Waals surface area contributed by atoms with Crippen molar-refractivity contribution in [2.24, 2.45) is 0 Å². The molecule has 19 heavy (non-hydrogen) atoms. The van der Waals surface area contributed by atoms with Gasteiger partial charge in [0.2, 0.25) is 0 Å². The molecule has 2 rings (SSSR count). The molecular weight excluding hydrogens is 276 g/mol. The highest BCUT2D eigenvalue weighted by Crippen LogP contribution is 2.28. The standard InChI is InChI=1S/C11H13F2N3O2S/c1-16-2-3-19-5-7(16)10-14-4-6(11(17)18)8(15-10)9(12)13/h4,7,9H,2-3,5H2,1H3,(H,17,18). The van der Waals surface area contributed by atoms with Crippen LogP contribution < -0.4 is 0 Å². The number of carboxylic acids is 1. The van der Waals surface area contributed by atoms with E-state index in [2.05, 4.69) is 9.97 Å². The summed E-state index contributed by atoms with van der Waals surface area (Å²) in [4.78, 5) is 20.5. The normalized spacial score (nSPS) is 20.7. The van der Waals surface area contributed by atoms with Crippen LogP contribution in [0, 0.1) is 0 Å². The summed E-state index contributed by atoms with van der Waals surface area (Å²) < 4.78 is 25.7. The molecule has 104 valence electrons. The van der Waals surface area contributed by atoms with Crippen LogP contribution in [0.4, 0.5) is 8.78 Å². The van der Waals surface area contributed by atoms with Gasteiger partial charge in [0.15, 0.2) is 0 Å². The number of nitrogens with zero attached hydrogens (tertiary/aromatic N) is 3. The minimum atomic E-state index is -2.92. The lowest BCUT2D eigenvalue weighted by Crippen LogP contribution is -2.34. The first-order chi connectivity index (χ1) is 9.00. The van der Waals surface area contributed by atoms with Crippen molar-refractivity contribution in [3.05, 3.63) is 23.3 Å². The van der Waals surface area contributed by atoms with Gasteiger partial charge in [-0.1, -0.05) is 0 Å². The smallest absolute Gasteiger partial charge is 0.339 e. The van der Waals surface area contributed by atoms with Gasteiger partial charge in [0.25, 0.3) is 6.43 Å². The molecule has 0 saturated carbocycles. The lowest BCUT2D eigenvalue weighted by atomic mass is 10.2. The first-order valence-electron chi connectivity index (χ1n) is 5.67. The highest BCUT2D eigenvalue weighted by molar-refractivity contribution is 7.99. The van der Waals surface area contributed by atoms with Gasteiger partial charge in [0.05, 0.1) is 6.04 Å². The zero-order valence-corrected chi connectivity index (χ0v) is 11.0. The Morgan fingerprint density at radius 2 is 2.37 bits per heavy atom. The minimum absolute atomic E-state index is 0.154. The Morgan fingerprint density at radius 1 is 1.63 bits per heavy atom. The van der Waals surface area contributed by atoms with Crippen LogP contribution in [-0.2, 0) is 0 Å². The molecule has 1 atom stereocenters. The molecule has 1 saturated heterocycles. The van der Waals surface area contributed by atoms with Crippen LogP contribution in [-0.4, -0.2) is 51.0 Å². The van der Waals surface area contributed by atoms with Crippen LogP contribution in [0.25, 0.3) is 0 Å². The Morgan fingerprint density at radius 3 is 2.95 bits per heavy atom. The zero-order chi connectivity index (χ0) is 14.0. The predicted octanol–water partition coefficient (Wildman–Crippen LogP) is 1.83. The largest absolute Gasteiger partial charge is 0.478 e. The summed E-state index contributed by atoms with van der Waals surface area (Å²) in [6.45, 7) is 0.823. The molecule has 0 spiro atoms. The lowest BCUT2D eigenvalue weighted by molar-refractivity contribution is 0.0681. The number of aromatic nitrogens is 2. The third kappa shape index (κ3) is 3.01. The number of alkyl halides is 2. The molecular formula is C11H13F2N3O2S. The molecule has 1 aliphatic rings. The van der Waals surface area contributed by atoms with Crippen molar-refractivity contribution in [3.8, 4) is 0 Å². The van der Waals surface area contributed by atoms with E-state index in [0.29, 0.717) is 5.75 Å². The summed E-state index contributed by atoms with van der Waals surface area (Å²) in [7, 11) is 1.88. The van der Waals surface area contributed by atoms with Gasteiger partial charge in [0.1, 0.15) is 17.1 Å². The summed E-state index contributed by atoms with van der Waals surface area (Å²) in [6, 6.07) is -0.154. The third-order valence-corrected chi connectivity index (χ3v) is 3.99. The second kappa shape index (κ2) is 5.79. The Kier molecular flexibility index (Phi) is 4.31. The first-order valence-corrected chi connectivity index (χ1v) is 6.82. The SMILES string of the molecule is CN1CCSCC1c1ncc(C(=O)O)c(C(F)F)n1. The number of aromatic carboxylic acids is 1. The van der Waals surface area contributed by atoms with Crippen molar-refractivity contribution >= 4 is 17.7 Å². The zero-order valence-electron chi connectivity index (χ0n) is 10.2. The number of carboxylic acid groups (broad SMARTS) is 1. The fourth-order valence-electron chi connectivity index (χ4n) is 1.86. The van der Waals surface area contributed by atoms with Gasteiger partial charge in [-0.3, -0.25) is 4.90 Å². The molecule has 0 aromatic carbocycles. The van der Waals surface area contributed by atoms with Crippen molar-refractivity contribution in [2.45, 2.75) is 12.5 Å². The number of hydrogen-bond acceptors (Lipinski definition) is 5. The van der Waals surface area contributed by atoms with Gasteiger partial charge in [-0.25, -0.2) is 23.5 Å². The van der Waals surface area contributed by atoms with Crippen LogP contribution in [0.3, 0.4) is 0 Å². The average molecular weight is 289 g/mol. The molecule has 1 N–H and O–H groups in total. The van der Waals surface area contributed by atoms with Gasteiger partial charge in [-0.15, -0.1) is 0 Å². The maximum atomic E-state index is 12.9. The van der Waals surface area contributed by atoms with Crippen LogP contribution in [0.1, 0.15) is 34.3 Å².